The number of carbonyl (C=O) groups excluding carboxylic acids is 1. The number of benzene rings is 1. The van der Waals surface area contributed by atoms with Gasteiger partial charge in [0.25, 0.3) is 0 Å². The number of rotatable bonds is 4. The highest BCUT2D eigenvalue weighted by Crippen LogP contribution is 2.17. The van der Waals surface area contributed by atoms with E-state index in [1.165, 1.54) is 0 Å². The van der Waals surface area contributed by atoms with Crippen molar-refractivity contribution in [2.75, 3.05) is 20.7 Å². The minimum Gasteiger partial charge on any atom is -0.468 e. The van der Waals surface area contributed by atoms with Crippen molar-refractivity contribution >= 4 is 16.0 Å². The van der Waals surface area contributed by atoms with Crippen LogP contribution in [0.15, 0.2) is 23.1 Å². The lowest BCUT2D eigenvalue weighted by Crippen LogP contribution is -2.32. The van der Waals surface area contributed by atoms with Crippen molar-refractivity contribution in [3.05, 3.63) is 29.8 Å². The highest BCUT2D eigenvalue weighted by Gasteiger charge is 2.24. The Morgan fingerprint density at radius 2 is 1.78 bits per heavy atom. The molecule has 0 aliphatic rings. The van der Waals surface area contributed by atoms with Gasteiger partial charge in [0.05, 0.1) is 12.0 Å². The molecular weight excluding hydrogens is 268 g/mol. The van der Waals surface area contributed by atoms with Crippen LogP contribution in [0.4, 0.5) is 8.78 Å². The monoisotopic (exact) mass is 279 g/mol. The zero-order valence-electron chi connectivity index (χ0n) is 9.68. The van der Waals surface area contributed by atoms with E-state index < -0.39 is 39.1 Å². The summed E-state index contributed by atoms with van der Waals surface area (Å²) in [6.45, 7) is -0.545. The lowest BCUT2D eigenvalue weighted by Gasteiger charge is -2.15. The van der Waals surface area contributed by atoms with Crippen molar-refractivity contribution in [1.82, 2.24) is 4.31 Å². The van der Waals surface area contributed by atoms with Crippen LogP contribution >= 0.6 is 0 Å². The molecule has 5 nitrogen and oxygen atoms in total. The van der Waals surface area contributed by atoms with Gasteiger partial charge in [0.15, 0.2) is 0 Å². The zero-order valence-corrected chi connectivity index (χ0v) is 10.5. The molecule has 0 heterocycles. The molecule has 0 saturated carbocycles. The molecule has 0 fully saturated rings. The molecule has 18 heavy (non-hydrogen) atoms. The first-order valence-corrected chi connectivity index (χ1v) is 6.20. The second-order valence-electron chi connectivity index (χ2n) is 3.44. The largest absolute Gasteiger partial charge is 0.468 e. The molecule has 1 rings (SSSR count). The number of esters is 1. The molecule has 0 radical (unpaired) electrons. The third kappa shape index (κ3) is 3.23. The van der Waals surface area contributed by atoms with E-state index in [2.05, 4.69) is 4.74 Å². The molecule has 0 amide bonds. The van der Waals surface area contributed by atoms with Crippen molar-refractivity contribution < 1.29 is 26.7 Å². The van der Waals surface area contributed by atoms with Crippen molar-refractivity contribution in [3.8, 4) is 0 Å². The predicted molar refractivity (Wildman–Crippen MR) is 58.2 cm³/mol. The van der Waals surface area contributed by atoms with Gasteiger partial charge in [-0.15, -0.1) is 0 Å². The molecule has 0 aliphatic heterocycles. The van der Waals surface area contributed by atoms with Crippen LogP contribution in [0.2, 0.25) is 0 Å². The number of ether oxygens (including phenoxy) is 1. The van der Waals surface area contributed by atoms with Gasteiger partial charge in [-0.2, -0.15) is 4.31 Å². The number of nitrogens with zero attached hydrogens (tertiary/aromatic N) is 1. The van der Waals surface area contributed by atoms with Crippen LogP contribution in [0.3, 0.4) is 0 Å². The fraction of sp³-hybridized carbons (Fsp3) is 0.300. The minimum absolute atomic E-state index is 0.545. The SMILES string of the molecule is COC(=O)CN(C)S(=O)(=O)c1cc(F)cc(F)c1. The Hall–Kier alpha value is -1.54. The molecule has 0 saturated heterocycles. The van der Waals surface area contributed by atoms with Gasteiger partial charge < -0.3 is 4.74 Å². The molecule has 100 valence electrons. The molecule has 0 atom stereocenters. The van der Waals surface area contributed by atoms with E-state index in [-0.39, 0.29) is 0 Å². The number of hydrogen-bond donors (Lipinski definition) is 0. The molecule has 0 aliphatic carbocycles. The lowest BCUT2D eigenvalue weighted by atomic mass is 10.3. The normalized spacial score (nSPS) is 11.6. The third-order valence-corrected chi connectivity index (χ3v) is 3.90. The van der Waals surface area contributed by atoms with Gasteiger partial charge >= 0.3 is 5.97 Å². The van der Waals surface area contributed by atoms with Crippen molar-refractivity contribution in [2.24, 2.45) is 0 Å². The number of halogens is 2. The number of sulfonamides is 1. The van der Waals surface area contributed by atoms with Crippen molar-refractivity contribution in [3.63, 3.8) is 0 Å². The van der Waals surface area contributed by atoms with Crippen molar-refractivity contribution in [1.29, 1.82) is 0 Å². The van der Waals surface area contributed by atoms with E-state index in [4.69, 9.17) is 0 Å². The summed E-state index contributed by atoms with van der Waals surface area (Å²) in [6, 6.07) is 1.90. The molecule has 1 aromatic rings. The average Bonchev–Trinajstić information content (AvgIpc) is 2.27. The van der Waals surface area contributed by atoms with Crippen LogP contribution in [0.25, 0.3) is 0 Å². The van der Waals surface area contributed by atoms with E-state index >= 15 is 0 Å². The summed E-state index contributed by atoms with van der Waals surface area (Å²) in [7, 11) is -1.93. The second-order valence-corrected chi connectivity index (χ2v) is 5.49. The highest BCUT2D eigenvalue weighted by molar-refractivity contribution is 7.89. The van der Waals surface area contributed by atoms with E-state index in [0.29, 0.717) is 22.5 Å². The number of carbonyl (C=O) groups is 1. The van der Waals surface area contributed by atoms with E-state index in [9.17, 15) is 22.0 Å². The first-order chi connectivity index (χ1) is 8.27. The summed E-state index contributed by atoms with van der Waals surface area (Å²) < 4.78 is 54.6. The van der Waals surface area contributed by atoms with Crippen LogP contribution in [-0.2, 0) is 19.6 Å². The average molecular weight is 279 g/mol. The van der Waals surface area contributed by atoms with Gasteiger partial charge in [-0.05, 0) is 12.1 Å². The van der Waals surface area contributed by atoms with Crippen LogP contribution in [0.1, 0.15) is 0 Å². The van der Waals surface area contributed by atoms with Crippen molar-refractivity contribution in [2.45, 2.75) is 4.90 Å². The fourth-order valence-corrected chi connectivity index (χ4v) is 2.35. The van der Waals surface area contributed by atoms with Crippen LogP contribution in [0.5, 0.6) is 0 Å². The summed E-state index contributed by atoms with van der Waals surface area (Å²) in [5.74, 6) is -2.81. The Balaban J connectivity index is 3.09. The number of methoxy groups -OCH3 is 1. The van der Waals surface area contributed by atoms with Gasteiger partial charge in [0.1, 0.15) is 18.2 Å². The topological polar surface area (TPSA) is 63.7 Å². The number of hydrogen-bond acceptors (Lipinski definition) is 4. The highest BCUT2D eigenvalue weighted by atomic mass is 32.2. The first kappa shape index (κ1) is 14.5. The Bertz CT molecular complexity index is 539. The van der Waals surface area contributed by atoms with Gasteiger partial charge in [-0.1, -0.05) is 0 Å². The van der Waals surface area contributed by atoms with E-state index in [1.54, 1.807) is 0 Å². The van der Waals surface area contributed by atoms with E-state index in [0.717, 1.165) is 14.2 Å². The van der Waals surface area contributed by atoms with Crippen LogP contribution in [-0.4, -0.2) is 39.4 Å². The van der Waals surface area contributed by atoms with Gasteiger partial charge in [0, 0.05) is 13.1 Å². The zero-order chi connectivity index (χ0) is 13.9. The Kier molecular flexibility index (Phi) is 4.36. The van der Waals surface area contributed by atoms with Crippen LogP contribution in [0, 0.1) is 11.6 Å². The molecule has 0 spiro atoms. The fourth-order valence-electron chi connectivity index (χ4n) is 1.19. The summed E-state index contributed by atoms with van der Waals surface area (Å²) in [6.07, 6.45) is 0. The maximum atomic E-state index is 12.9. The molecule has 1 aromatic carbocycles. The maximum absolute atomic E-state index is 12.9. The standard InChI is InChI=1S/C10H11F2NO4S/c1-13(6-10(14)17-2)18(15,16)9-4-7(11)3-8(12)5-9/h3-5H,6H2,1-2H3. The van der Waals surface area contributed by atoms with E-state index in [1.807, 2.05) is 0 Å². The summed E-state index contributed by atoms with van der Waals surface area (Å²) >= 11 is 0. The quantitative estimate of drug-likeness (QED) is 0.763. The lowest BCUT2D eigenvalue weighted by molar-refractivity contribution is -0.140. The maximum Gasteiger partial charge on any atom is 0.321 e. The Labute approximate surface area is 103 Å². The molecule has 0 N–H and O–H groups in total. The molecule has 0 bridgehead atoms. The summed E-state index contributed by atoms with van der Waals surface area (Å²) in [4.78, 5) is 10.4. The van der Waals surface area contributed by atoms with Gasteiger partial charge in [0.2, 0.25) is 10.0 Å². The molecule has 8 heteroatoms. The van der Waals surface area contributed by atoms with Gasteiger partial charge in [-0.25, -0.2) is 17.2 Å². The Morgan fingerprint density at radius 3 is 2.22 bits per heavy atom. The van der Waals surface area contributed by atoms with Gasteiger partial charge in [-0.3, -0.25) is 4.79 Å². The first-order valence-electron chi connectivity index (χ1n) is 4.76. The third-order valence-electron chi connectivity index (χ3n) is 2.12. The predicted octanol–water partition coefficient (Wildman–Crippen LogP) is 0.758. The summed E-state index contributed by atoms with van der Waals surface area (Å²) in [5, 5.41) is 0. The smallest absolute Gasteiger partial charge is 0.321 e. The van der Waals surface area contributed by atoms with Crippen LogP contribution < -0.4 is 0 Å². The molecular formula is C10H11F2NO4S. The minimum atomic E-state index is -4.14. The second kappa shape index (κ2) is 5.40. The molecule has 0 aromatic heterocycles. The number of likely N-dealkylation sites (N-methyl/N-ethyl adjacent to an activating group) is 1. The summed E-state index contributed by atoms with van der Waals surface area (Å²) in [5.41, 5.74) is 0. The molecule has 0 unspecified atom stereocenters. The Morgan fingerprint density at radius 1 is 1.28 bits per heavy atom.